The maximum atomic E-state index is 11.9. The molecule has 0 radical (unpaired) electrons. The summed E-state index contributed by atoms with van der Waals surface area (Å²) in [6, 6.07) is 11.7. The second kappa shape index (κ2) is 6.23. The number of anilines is 1. The number of amides is 2. The van der Waals surface area contributed by atoms with E-state index in [4.69, 9.17) is 0 Å². The molecule has 0 saturated carbocycles. The van der Waals surface area contributed by atoms with Crippen molar-refractivity contribution in [3.05, 3.63) is 48.2 Å². The number of hydrogen-bond donors (Lipinski definition) is 2. The second-order valence-electron chi connectivity index (χ2n) is 4.96. The summed E-state index contributed by atoms with van der Waals surface area (Å²) in [6.07, 6.45) is 1.78. The van der Waals surface area contributed by atoms with Crippen molar-refractivity contribution in [1.29, 1.82) is 0 Å². The average molecular weight is 272 g/mol. The van der Waals surface area contributed by atoms with Crippen LogP contribution in [0.4, 0.5) is 10.6 Å². The summed E-state index contributed by atoms with van der Waals surface area (Å²) in [5, 5.41) is 9.76. The number of hydrogen-bond acceptors (Lipinski definition) is 2. The fourth-order valence-electron chi connectivity index (χ4n) is 2.01. The second-order valence-corrected chi connectivity index (χ2v) is 4.96. The van der Waals surface area contributed by atoms with Gasteiger partial charge in [-0.15, -0.1) is 0 Å². The third-order valence-corrected chi connectivity index (χ3v) is 3.39. The highest BCUT2D eigenvalue weighted by molar-refractivity contribution is 5.88. The highest BCUT2D eigenvalue weighted by Crippen LogP contribution is 2.18. The Hall–Kier alpha value is -2.30. The first-order valence-electron chi connectivity index (χ1n) is 6.68. The summed E-state index contributed by atoms with van der Waals surface area (Å²) in [5.74, 6) is 0.787. The number of benzene rings is 1. The van der Waals surface area contributed by atoms with Gasteiger partial charge < -0.3 is 5.32 Å². The SMILES string of the molecule is C[C@H](c1ccccc1)[C@@H](C)NC(=O)Nc1ccn(C)n1. The summed E-state index contributed by atoms with van der Waals surface area (Å²) >= 11 is 0. The zero-order valence-corrected chi connectivity index (χ0v) is 12.0. The van der Waals surface area contributed by atoms with Crippen molar-refractivity contribution in [2.45, 2.75) is 25.8 Å². The van der Waals surface area contributed by atoms with Gasteiger partial charge in [-0.25, -0.2) is 4.79 Å². The van der Waals surface area contributed by atoms with Gasteiger partial charge in [0.25, 0.3) is 0 Å². The molecule has 2 aromatic rings. The standard InChI is InChI=1S/C15H20N4O/c1-11(13-7-5-4-6-8-13)12(2)16-15(20)17-14-9-10-19(3)18-14/h4-12H,1-3H3,(H2,16,17,18,20)/t11-,12+/m0/s1. The molecule has 0 unspecified atom stereocenters. The van der Waals surface area contributed by atoms with Crippen molar-refractivity contribution in [3.8, 4) is 0 Å². The number of nitrogens with one attached hydrogen (secondary N) is 2. The average Bonchev–Trinajstić information content (AvgIpc) is 2.84. The molecule has 0 saturated heterocycles. The molecule has 2 atom stereocenters. The number of carbonyl (C=O) groups is 1. The van der Waals surface area contributed by atoms with E-state index < -0.39 is 0 Å². The van der Waals surface area contributed by atoms with Gasteiger partial charge >= 0.3 is 6.03 Å². The highest BCUT2D eigenvalue weighted by Gasteiger charge is 2.16. The summed E-state index contributed by atoms with van der Waals surface area (Å²) in [4.78, 5) is 11.9. The Balaban J connectivity index is 1.90. The van der Waals surface area contributed by atoms with Crippen molar-refractivity contribution in [3.63, 3.8) is 0 Å². The maximum absolute atomic E-state index is 11.9. The van der Waals surface area contributed by atoms with Gasteiger partial charge in [-0.05, 0) is 12.5 Å². The molecule has 2 N–H and O–H groups in total. The predicted octanol–water partition coefficient (Wildman–Crippen LogP) is 2.73. The van der Waals surface area contributed by atoms with E-state index in [0.717, 1.165) is 0 Å². The lowest BCUT2D eigenvalue weighted by atomic mass is 9.95. The monoisotopic (exact) mass is 272 g/mol. The van der Waals surface area contributed by atoms with E-state index in [2.05, 4.69) is 34.8 Å². The van der Waals surface area contributed by atoms with E-state index in [0.29, 0.717) is 5.82 Å². The van der Waals surface area contributed by atoms with Crippen LogP contribution in [0.15, 0.2) is 42.6 Å². The van der Waals surface area contributed by atoms with Crippen LogP contribution in [0, 0.1) is 0 Å². The molecule has 5 nitrogen and oxygen atoms in total. The Labute approximate surface area is 119 Å². The lowest BCUT2D eigenvalue weighted by Crippen LogP contribution is -2.39. The van der Waals surface area contributed by atoms with Crippen LogP contribution in [0.5, 0.6) is 0 Å². The lowest BCUT2D eigenvalue weighted by molar-refractivity contribution is 0.247. The highest BCUT2D eigenvalue weighted by atomic mass is 16.2. The van der Waals surface area contributed by atoms with E-state index in [-0.39, 0.29) is 18.0 Å². The molecule has 0 aliphatic rings. The molecule has 2 amide bonds. The number of aromatic nitrogens is 2. The van der Waals surface area contributed by atoms with Gasteiger partial charge in [0.1, 0.15) is 0 Å². The molecular weight excluding hydrogens is 252 g/mol. The normalized spacial score (nSPS) is 13.6. The Morgan fingerprint density at radius 3 is 2.50 bits per heavy atom. The number of nitrogens with zero attached hydrogens (tertiary/aromatic N) is 2. The van der Waals surface area contributed by atoms with Gasteiger partial charge in [-0.2, -0.15) is 5.10 Å². The van der Waals surface area contributed by atoms with E-state index in [1.807, 2.05) is 32.2 Å². The predicted molar refractivity (Wildman–Crippen MR) is 79.7 cm³/mol. The van der Waals surface area contributed by atoms with Crippen LogP contribution >= 0.6 is 0 Å². The van der Waals surface area contributed by atoms with Crippen LogP contribution in [-0.2, 0) is 7.05 Å². The minimum atomic E-state index is -0.237. The van der Waals surface area contributed by atoms with Crippen molar-refractivity contribution in [2.24, 2.45) is 7.05 Å². The van der Waals surface area contributed by atoms with Gasteiger partial charge in [-0.1, -0.05) is 37.3 Å². The van der Waals surface area contributed by atoms with Crippen molar-refractivity contribution in [1.82, 2.24) is 15.1 Å². The largest absolute Gasteiger partial charge is 0.335 e. The summed E-state index contributed by atoms with van der Waals surface area (Å²) in [6.45, 7) is 4.09. The topological polar surface area (TPSA) is 59.0 Å². The first-order valence-corrected chi connectivity index (χ1v) is 6.68. The van der Waals surface area contributed by atoms with Crippen LogP contribution in [0.2, 0.25) is 0 Å². The smallest absolute Gasteiger partial charge is 0.320 e. The Bertz CT molecular complexity index is 564. The van der Waals surface area contributed by atoms with E-state index in [1.165, 1.54) is 5.56 Å². The molecule has 0 aliphatic heterocycles. The number of carbonyl (C=O) groups excluding carboxylic acids is 1. The van der Waals surface area contributed by atoms with Crippen LogP contribution in [0.3, 0.4) is 0 Å². The fourth-order valence-corrected chi connectivity index (χ4v) is 2.01. The zero-order chi connectivity index (χ0) is 14.5. The summed E-state index contributed by atoms with van der Waals surface area (Å²) in [5.41, 5.74) is 1.21. The quantitative estimate of drug-likeness (QED) is 0.899. The number of urea groups is 1. The summed E-state index contributed by atoms with van der Waals surface area (Å²) in [7, 11) is 1.81. The molecule has 1 heterocycles. The van der Waals surface area contributed by atoms with Crippen molar-refractivity contribution in [2.75, 3.05) is 5.32 Å². The fraction of sp³-hybridized carbons (Fsp3) is 0.333. The minimum absolute atomic E-state index is 0.0288. The van der Waals surface area contributed by atoms with Gasteiger partial charge in [-0.3, -0.25) is 10.00 Å². The molecule has 20 heavy (non-hydrogen) atoms. The molecule has 1 aromatic heterocycles. The number of rotatable bonds is 4. The lowest BCUT2D eigenvalue weighted by Gasteiger charge is -2.21. The molecule has 5 heteroatoms. The van der Waals surface area contributed by atoms with Crippen LogP contribution in [0.1, 0.15) is 25.3 Å². The Morgan fingerprint density at radius 2 is 1.90 bits per heavy atom. The molecule has 0 aliphatic carbocycles. The third-order valence-electron chi connectivity index (χ3n) is 3.39. The minimum Gasteiger partial charge on any atom is -0.335 e. The third kappa shape index (κ3) is 3.60. The van der Waals surface area contributed by atoms with E-state index >= 15 is 0 Å². The van der Waals surface area contributed by atoms with Crippen molar-refractivity contribution >= 4 is 11.8 Å². The molecule has 0 spiro atoms. The summed E-state index contributed by atoms with van der Waals surface area (Å²) < 4.78 is 1.64. The zero-order valence-electron chi connectivity index (χ0n) is 12.0. The van der Waals surface area contributed by atoms with Gasteiger partial charge in [0.2, 0.25) is 0 Å². The van der Waals surface area contributed by atoms with E-state index in [1.54, 1.807) is 16.9 Å². The first kappa shape index (κ1) is 14.1. The first-order chi connectivity index (χ1) is 9.56. The van der Waals surface area contributed by atoms with Crippen LogP contribution in [-0.4, -0.2) is 21.9 Å². The molecule has 0 bridgehead atoms. The molecule has 0 fully saturated rings. The number of aryl methyl sites for hydroxylation is 1. The molecule has 1 aromatic carbocycles. The van der Waals surface area contributed by atoms with Gasteiger partial charge in [0, 0.05) is 31.3 Å². The van der Waals surface area contributed by atoms with Crippen LogP contribution < -0.4 is 10.6 Å². The van der Waals surface area contributed by atoms with Crippen molar-refractivity contribution < 1.29 is 4.79 Å². The van der Waals surface area contributed by atoms with Crippen LogP contribution in [0.25, 0.3) is 0 Å². The Kier molecular flexibility index (Phi) is 4.40. The Morgan fingerprint density at radius 1 is 1.20 bits per heavy atom. The van der Waals surface area contributed by atoms with E-state index in [9.17, 15) is 4.79 Å². The van der Waals surface area contributed by atoms with Gasteiger partial charge in [0.05, 0.1) is 0 Å². The maximum Gasteiger partial charge on any atom is 0.320 e. The molecule has 106 valence electrons. The van der Waals surface area contributed by atoms with Gasteiger partial charge in [0.15, 0.2) is 5.82 Å². The molecule has 2 rings (SSSR count). The molecular formula is C15H20N4O.